The molecule has 86 valence electrons. The summed E-state index contributed by atoms with van der Waals surface area (Å²) in [5.74, 6) is -0.456. The molecule has 2 rings (SSSR count). The fraction of sp³-hybridized carbons (Fsp3) is 0.400. The molecule has 16 heavy (non-hydrogen) atoms. The van der Waals surface area contributed by atoms with Gasteiger partial charge >= 0.3 is 0 Å². The van der Waals surface area contributed by atoms with E-state index in [9.17, 15) is 4.39 Å². The predicted molar refractivity (Wildman–Crippen MR) is 56.4 cm³/mol. The highest BCUT2D eigenvalue weighted by molar-refractivity contribution is 5.75. The maximum atomic E-state index is 13.7. The third kappa shape index (κ3) is 1.46. The number of hydrogen-bond acceptors (Lipinski definition) is 3. The number of nitrogens with one attached hydrogen (secondary N) is 1. The standard InChI is InChI=1S/C10H13FN4O/c1-10(2,3)15-4-6(11)7-8(14-16)12-5-13-9(7)15/h4-5,16H,1-3H3,(H,12,13,14). The van der Waals surface area contributed by atoms with Gasteiger partial charge in [0.1, 0.15) is 11.0 Å². The first-order valence-electron chi connectivity index (χ1n) is 4.88. The third-order valence-corrected chi connectivity index (χ3v) is 2.39. The van der Waals surface area contributed by atoms with Crippen molar-refractivity contribution in [3.63, 3.8) is 0 Å². The lowest BCUT2D eigenvalue weighted by Crippen LogP contribution is -2.21. The normalized spacial score (nSPS) is 13.6. The van der Waals surface area contributed by atoms with E-state index in [4.69, 9.17) is 5.21 Å². The van der Waals surface area contributed by atoms with Gasteiger partial charge in [-0.1, -0.05) is 5.16 Å². The number of rotatable bonds is 0. The van der Waals surface area contributed by atoms with E-state index in [0.717, 1.165) is 0 Å². The Morgan fingerprint density at radius 3 is 2.75 bits per heavy atom. The number of hydrogen-bond donors (Lipinski definition) is 2. The molecule has 0 aliphatic heterocycles. The van der Waals surface area contributed by atoms with E-state index in [1.807, 2.05) is 20.8 Å². The molecule has 0 spiro atoms. The lowest BCUT2D eigenvalue weighted by molar-refractivity contribution is 0.299. The quantitative estimate of drug-likeness (QED) is 0.526. The molecular formula is C10H13FN4O. The maximum absolute atomic E-state index is 13.7. The first kappa shape index (κ1) is 10.7. The summed E-state index contributed by atoms with van der Waals surface area (Å²) in [4.78, 5) is 6.62. The molecule has 2 N–H and O–H groups in total. The molecule has 2 heterocycles. The van der Waals surface area contributed by atoms with E-state index in [1.165, 1.54) is 12.5 Å². The Labute approximate surface area is 91.2 Å². The summed E-state index contributed by atoms with van der Waals surface area (Å²) < 4.78 is 15.5. The Bertz CT molecular complexity index is 591. The van der Waals surface area contributed by atoms with Crippen LogP contribution in [0.3, 0.4) is 0 Å². The molecule has 0 bridgehead atoms. The van der Waals surface area contributed by atoms with Crippen LogP contribution in [0.5, 0.6) is 0 Å². The first-order chi connectivity index (χ1) is 7.45. The van der Waals surface area contributed by atoms with Crippen LogP contribution in [-0.4, -0.2) is 19.7 Å². The minimum absolute atomic E-state index is 0.0192. The molecule has 0 aliphatic carbocycles. The number of fused-ring (bicyclic) bond motifs is 1. The summed E-state index contributed by atoms with van der Waals surface area (Å²) in [5, 5.41) is 11.9. The smallest absolute Gasteiger partial charge is 0.206 e. The number of halogens is 1. The van der Waals surface area contributed by atoms with Gasteiger partial charge in [0.05, 0.1) is 6.33 Å². The molecule has 0 radical (unpaired) electrons. The highest BCUT2D eigenvalue weighted by atomic mass is 19.1. The van der Waals surface area contributed by atoms with Crippen molar-refractivity contribution in [3.05, 3.63) is 23.8 Å². The van der Waals surface area contributed by atoms with Crippen molar-refractivity contribution in [2.75, 3.05) is 0 Å². The van der Waals surface area contributed by atoms with Gasteiger partial charge in [-0.3, -0.25) is 0 Å². The largest absolute Gasteiger partial charge is 0.409 e. The molecular weight excluding hydrogens is 211 g/mol. The van der Waals surface area contributed by atoms with Crippen molar-refractivity contribution in [1.82, 2.24) is 14.5 Å². The molecule has 2 aromatic heterocycles. The minimum Gasteiger partial charge on any atom is -0.409 e. The summed E-state index contributed by atoms with van der Waals surface area (Å²) in [5.41, 5.74) is 0.259. The molecule has 0 aromatic carbocycles. The number of H-pyrrole nitrogens is 1. The lowest BCUT2D eigenvalue weighted by atomic mass is 10.1. The molecule has 5 nitrogen and oxygen atoms in total. The zero-order valence-electron chi connectivity index (χ0n) is 9.32. The first-order valence-corrected chi connectivity index (χ1v) is 4.88. The Morgan fingerprint density at radius 2 is 2.19 bits per heavy atom. The predicted octanol–water partition coefficient (Wildman–Crippen LogP) is 1.55. The van der Waals surface area contributed by atoms with E-state index in [2.05, 4.69) is 15.1 Å². The molecule has 0 unspecified atom stereocenters. The molecule has 0 saturated carbocycles. The van der Waals surface area contributed by atoms with Crippen LogP contribution in [0.1, 0.15) is 20.8 Å². The number of aromatic amines is 1. The summed E-state index contributed by atoms with van der Waals surface area (Å²) in [6.07, 6.45) is 2.75. The fourth-order valence-electron chi connectivity index (χ4n) is 1.65. The Balaban J connectivity index is 2.93. The van der Waals surface area contributed by atoms with Gasteiger partial charge < -0.3 is 14.8 Å². The van der Waals surface area contributed by atoms with Crippen LogP contribution in [0.4, 0.5) is 4.39 Å². The van der Waals surface area contributed by atoms with Gasteiger partial charge in [0.15, 0.2) is 5.82 Å². The van der Waals surface area contributed by atoms with E-state index in [1.54, 1.807) is 4.57 Å². The summed E-state index contributed by atoms with van der Waals surface area (Å²) in [6.45, 7) is 5.86. The van der Waals surface area contributed by atoms with Gasteiger partial charge in [-0.25, -0.2) is 9.37 Å². The van der Waals surface area contributed by atoms with Crippen LogP contribution in [0.15, 0.2) is 17.7 Å². The molecule has 0 aliphatic rings. The van der Waals surface area contributed by atoms with Gasteiger partial charge in [0.25, 0.3) is 0 Å². The van der Waals surface area contributed by atoms with Gasteiger partial charge in [-0.15, -0.1) is 0 Å². The topological polar surface area (TPSA) is 66.2 Å². The lowest BCUT2D eigenvalue weighted by Gasteiger charge is -2.21. The molecule has 0 saturated heterocycles. The van der Waals surface area contributed by atoms with Gasteiger partial charge in [-0.2, -0.15) is 0 Å². The van der Waals surface area contributed by atoms with E-state index < -0.39 is 5.82 Å². The van der Waals surface area contributed by atoms with Crippen molar-refractivity contribution < 1.29 is 9.60 Å². The molecule has 2 aromatic rings. The third-order valence-electron chi connectivity index (χ3n) is 2.39. The summed E-state index contributed by atoms with van der Waals surface area (Å²) >= 11 is 0. The van der Waals surface area contributed by atoms with E-state index in [0.29, 0.717) is 5.65 Å². The monoisotopic (exact) mass is 224 g/mol. The number of nitrogens with zero attached hydrogens (tertiary/aromatic N) is 3. The second kappa shape index (κ2) is 3.33. The van der Waals surface area contributed by atoms with E-state index in [-0.39, 0.29) is 16.4 Å². The summed E-state index contributed by atoms with van der Waals surface area (Å²) in [6, 6.07) is 0. The van der Waals surface area contributed by atoms with Crippen molar-refractivity contribution in [1.29, 1.82) is 0 Å². The highest BCUT2D eigenvalue weighted by Crippen LogP contribution is 2.22. The summed E-state index contributed by atoms with van der Waals surface area (Å²) in [7, 11) is 0. The van der Waals surface area contributed by atoms with Crippen molar-refractivity contribution >= 4 is 11.0 Å². The van der Waals surface area contributed by atoms with Crippen LogP contribution >= 0.6 is 0 Å². The van der Waals surface area contributed by atoms with Crippen LogP contribution in [0.25, 0.3) is 11.0 Å². The maximum Gasteiger partial charge on any atom is 0.206 e. The average molecular weight is 224 g/mol. The zero-order chi connectivity index (χ0) is 11.9. The average Bonchev–Trinajstić information content (AvgIpc) is 2.56. The van der Waals surface area contributed by atoms with Crippen LogP contribution in [-0.2, 0) is 5.54 Å². The molecule has 0 atom stereocenters. The SMILES string of the molecule is CC(C)(C)n1cc(F)c2/c(=N/O)nc[nH]c21. The van der Waals surface area contributed by atoms with Crippen LogP contribution in [0, 0.1) is 5.82 Å². The van der Waals surface area contributed by atoms with Gasteiger partial charge in [0.2, 0.25) is 5.49 Å². The second-order valence-corrected chi connectivity index (χ2v) is 4.57. The zero-order valence-corrected chi connectivity index (χ0v) is 9.32. The molecule has 0 amide bonds. The Morgan fingerprint density at radius 1 is 1.50 bits per heavy atom. The van der Waals surface area contributed by atoms with Crippen molar-refractivity contribution in [2.24, 2.45) is 5.16 Å². The van der Waals surface area contributed by atoms with Gasteiger partial charge in [0, 0.05) is 11.7 Å². The minimum atomic E-state index is -0.456. The van der Waals surface area contributed by atoms with Crippen LogP contribution in [0.2, 0.25) is 0 Å². The number of aromatic nitrogens is 3. The molecule has 0 fully saturated rings. The molecule has 6 heteroatoms. The van der Waals surface area contributed by atoms with E-state index >= 15 is 0 Å². The Kier molecular flexibility index (Phi) is 2.22. The second-order valence-electron chi connectivity index (χ2n) is 4.57. The van der Waals surface area contributed by atoms with Crippen molar-refractivity contribution in [2.45, 2.75) is 26.3 Å². The highest BCUT2D eigenvalue weighted by Gasteiger charge is 2.20. The Hall–Kier alpha value is -1.85. The van der Waals surface area contributed by atoms with Crippen LogP contribution < -0.4 is 5.49 Å². The van der Waals surface area contributed by atoms with Gasteiger partial charge in [-0.05, 0) is 20.8 Å². The van der Waals surface area contributed by atoms with Crippen molar-refractivity contribution in [3.8, 4) is 0 Å². The fourth-order valence-corrected chi connectivity index (χ4v) is 1.65.